The van der Waals surface area contributed by atoms with Crippen LogP contribution in [0.15, 0.2) is 11.6 Å². The van der Waals surface area contributed by atoms with Crippen molar-refractivity contribution >= 4 is 22.4 Å². The van der Waals surface area contributed by atoms with E-state index in [1.165, 1.54) is 11.3 Å². The summed E-state index contributed by atoms with van der Waals surface area (Å²) in [6.45, 7) is 2.07. The number of rotatable bonds is 4. The molecule has 1 heterocycles. The number of amides is 1. The predicted molar refractivity (Wildman–Crippen MR) is 50.3 cm³/mol. The topological polar surface area (TPSA) is 42.0 Å². The Bertz CT molecular complexity index is 233. The number of carbonyl (C=O) groups excluding carboxylic acids is 1. The summed E-state index contributed by atoms with van der Waals surface area (Å²) in [5.41, 5.74) is 0. The molecule has 3 nitrogen and oxygen atoms in total. The SMILES string of the molecule is CCCCC(=O)Nc1nccs1. The predicted octanol–water partition coefficient (Wildman–Crippen LogP) is 2.27. The Morgan fingerprint density at radius 1 is 1.75 bits per heavy atom. The second-order valence-corrected chi connectivity index (χ2v) is 3.38. The molecular formula is C8H12N2OS. The molecule has 66 valence electrons. The monoisotopic (exact) mass is 184 g/mol. The van der Waals surface area contributed by atoms with Crippen LogP contribution in [0.25, 0.3) is 0 Å². The molecule has 0 saturated heterocycles. The molecule has 0 aromatic carbocycles. The molecule has 1 aromatic rings. The number of carbonyl (C=O) groups is 1. The second kappa shape index (κ2) is 4.87. The Morgan fingerprint density at radius 2 is 2.58 bits per heavy atom. The molecule has 0 bridgehead atoms. The average Bonchev–Trinajstić information content (AvgIpc) is 2.53. The van der Waals surface area contributed by atoms with Gasteiger partial charge in [0.25, 0.3) is 0 Å². The van der Waals surface area contributed by atoms with Crippen LogP contribution in [0.4, 0.5) is 5.13 Å². The summed E-state index contributed by atoms with van der Waals surface area (Å²) in [7, 11) is 0. The van der Waals surface area contributed by atoms with Gasteiger partial charge in [-0.3, -0.25) is 4.79 Å². The molecule has 0 radical (unpaired) electrons. The van der Waals surface area contributed by atoms with Crippen LogP contribution in [0.2, 0.25) is 0 Å². The summed E-state index contributed by atoms with van der Waals surface area (Å²) < 4.78 is 0. The second-order valence-electron chi connectivity index (χ2n) is 2.49. The Morgan fingerprint density at radius 3 is 3.17 bits per heavy atom. The van der Waals surface area contributed by atoms with Crippen LogP contribution in [-0.4, -0.2) is 10.9 Å². The quantitative estimate of drug-likeness (QED) is 0.780. The van der Waals surface area contributed by atoms with E-state index in [0.717, 1.165) is 12.8 Å². The van der Waals surface area contributed by atoms with Gasteiger partial charge in [0.15, 0.2) is 5.13 Å². The smallest absolute Gasteiger partial charge is 0.226 e. The van der Waals surface area contributed by atoms with Crippen molar-refractivity contribution in [3.63, 3.8) is 0 Å². The zero-order valence-corrected chi connectivity index (χ0v) is 7.86. The number of nitrogens with one attached hydrogen (secondary N) is 1. The number of hydrogen-bond acceptors (Lipinski definition) is 3. The van der Waals surface area contributed by atoms with Crippen LogP contribution in [0.3, 0.4) is 0 Å². The van der Waals surface area contributed by atoms with E-state index >= 15 is 0 Å². The fourth-order valence-corrected chi connectivity index (χ4v) is 1.35. The first-order chi connectivity index (χ1) is 5.83. The van der Waals surface area contributed by atoms with E-state index < -0.39 is 0 Å². The highest BCUT2D eigenvalue weighted by Crippen LogP contribution is 2.10. The van der Waals surface area contributed by atoms with E-state index in [1.807, 2.05) is 5.38 Å². The summed E-state index contributed by atoms with van der Waals surface area (Å²) in [6, 6.07) is 0. The first-order valence-corrected chi connectivity index (χ1v) is 4.90. The summed E-state index contributed by atoms with van der Waals surface area (Å²) in [4.78, 5) is 15.1. The first-order valence-electron chi connectivity index (χ1n) is 4.02. The molecule has 1 amide bonds. The third-order valence-electron chi connectivity index (χ3n) is 1.44. The van der Waals surface area contributed by atoms with Gasteiger partial charge in [0, 0.05) is 18.0 Å². The van der Waals surface area contributed by atoms with Gasteiger partial charge >= 0.3 is 0 Å². The van der Waals surface area contributed by atoms with Crippen LogP contribution in [0.5, 0.6) is 0 Å². The third-order valence-corrected chi connectivity index (χ3v) is 2.12. The van der Waals surface area contributed by atoms with E-state index in [9.17, 15) is 4.79 Å². The minimum Gasteiger partial charge on any atom is -0.302 e. The molecule has 4 heteroatoms. The Labute approximate surface area is 75.8 Å². The molecule has 0 aliphatic heterocycles. The Hall–Kier alpha value is -0.900. The fourth-order valence-electron chi connectivity index (χ4n) is 0.804. The van der Waals surface area contributed by atoms with Gasteiger partial charge in [-0.15, -0.1) is 11.3 Å². The highest BCUT2D eigenvalue weighted by Gasteiger charge is 2.01. The van der Waals surface area contributed by atoms with Crippen LogP contribution >= 0.6 is 11.3 Å². The van der Waals surface area contributed by atoms with Crippen molar-refractivity contribution in [2.75, 3.05) is 5.32 Å². The van der Waals surface area contributed by atoms with Crippen molar-refractivity contribution in [1.82, 2.24) is 4.98 Å². The molecule has 0 spiro atoms. The lowest BCUT2D eigenvalue weighted by molar-refractivity contribution is -0.116. The number of unbranched alkanes of at least 4 members (excludes halogenated alkanes) is 1. The minimum absolute atomic E-state index is 0.0619. The van der Waals surface area contributed by atoms with Crippen LogP contribution in [0, 0.1) is 0 Å². The van der Waals surface area contributed by atoms with E-state index in [4.69, 9.17) is 0 Å². The van der Waals surface area contributed by atoms with E-state index in [0.29, 0.717) is 11.6 Å². The van der Waals surface area contributed by atoms with Gasteiger partial charge in [-0.05, 0) is 6.42 Å². The molecule has 1 aromatic heterocycles. The van der Waals surface area contributed by atoms with Crippen molar-refractivity contribution in [3.05, 3.63) is 11.6 Å². The summed E-state index contributed by atoms with van der Waals surface area (Å²) >= 11 is 1.44. The highest BCUT2D eigenvalue weighted by atomic mass is 32.1. The van der Waals surface area contributed by atoms with E-state index in [-0.39, 0.29) is 5.91 Å². The first kappa shape index (κ1) is 9.19. The maximum absolute atomic E-state index is 11.1. The van der Waals surface area contributed by atoms with Crippen molar-refractivity contribution in [2.24, 2.45) is 0 Å². The molecular weight excluding hydrogens is 172 g/mol. The van der Waals surface area contributed by atoms with E-state index in [1.54, 1.807) is 6.20 Å². The van der Waals surface area contributed by atoms with E-state index in [2.05, 4.69) is 17.2 Å². The molecule has 12 heavy (non-hydrogen) atoms. The van der Waals surface area contributed by atoms with Crippen molar-refractivity contribution in [1.29, 1.82) is 0 Å². The van der Waals surface area contributed by atoms with Gasteiger partial charge in [-0.25, -0.2) is 4.98 Å². The lowest BCUT2D eigenvalue weighted by Gasteiger charge is -1.98. The van der Waals surface area contributed by atoms with Crippen molar-refractivity contribution in [2.45, 2.75) is 26.2 Å². The number of anilines is 1. The summed E-state index contributed by atoms with van der Waals surface area (Å²) in [6.07, 6.45) is 4.26. The van der Waals surface area contributed by atoms with Gasteiger partial charge in [0.05, 0.1) is 0 Å². The highest BCUT2D eigenvalue weighted by molar-refractivity contribution is 7.13. The molecule has 0 saturated carbocycles. The Kier molecular flexibility index (Phi) is 3.73. The summed E-state index contributed by atoms with van der Waals surface area (Å²) in [5, 5.41) is 5.26. The molecule has 0 aliphatic carbocycles. The van der Waals surface area contributed by atoms with Gasteiger partial charge in [-0.1, -0.05) is 13.3 Å². The number of hydrogen-bond donors (Lipinski definition) is 1. The van der Waals surface area contributed by atoms with Crippen molar-refractivity contribution < 1.29 is 4.79 Å². The average molecular weight is 184 g/mol. The number of nitrogens with zero attached hydrogens (tertiary/aromatic N) is 1. The molecule has 0 aliphatic rings. The summed E-state index contributed by atoms with van der Waals surface area (Å²) in [5.74, 6) is 0.0619. The normalized spacial score (nSPS) is 9.75. The maximum Gasteiger partial charge on any atom is 0.226 e. The lowest BCUT2D eigenvalue weighted by atomic mass is 10.2. The Balaban J connectivity index is 2.27. The number of thiazole rings is 1. The lowest BCUT2D eigenvalue weighted by Crippen LogP contribution is -2.10. The van der Waals surface area contributed by atoms with Gasteiger partial charge in [-0.2, -0.15) is 0 Å². The van der Waals surface area contributed by atoms with Crippen LogP contribution < -0.4 is 5.32 Å². The van der Waals surface area contributed by atoms with Gasteiger partial charge in [0.2, 0.25) is 5.91 Å². The molecule has 0 atom stereocenters. The van der Waals surface area contributed by atoms with Gasteiger partial charge < -0.3 is 5.32 Å². The van der Waals surface area contributed by atoms with Gasteiger partial charge in [0.1, 0.15) is 0 Å². The van der Waals surface area contributed by atoms with Crippen molar-refractivity contribution in [3.8, 4) is 0 Å². The molecule has 1 N–H and O–H groups in total. The maximum atomic E-state index is 11.1. The molecule has 0 unspecified atom stereocenters. The zero-order chi connectivity index (χ0) is 8.81. The van der Waals surface area contributed by atoms with Crippen LogP contribution in [0.1, 0.15) is 26.2 Å². The minimum atomic E-state index is 0.0619. The molecule has 1 rings (SSSR count). The molecule has 0 fully saturated rings. The third kappa shape index (κ3) is 3.00. The van der Waals surface area contributed by atoms with Crippen LogP contribution in [-0.2, 0) is 4.79 Å². The fraction of sp³-hybridized carbons (Fsp3) is 0.500. The zero-order valence-electron chi connectivity index (χ0n) is 7.04. The number of aromatic nitrogens is 1. The largest absolute Gasteiger partial charge is 0.302 e. The standard InChI is InChI=1S/C8H12N2OS/c1-2-3-4-7(11)10-8-9-5-6-12-8/h5-6H,2-4H2,1H3,(H,9,10,11).